The van der Waals surface area contributed by atoms with Gasteiger partial charge < -0.3 is 20.3 Å². The molecule has 4 rings (SSSR count). The van der Waals surface area contributed by atoms with Crippen molar-refractivity contribution in [1.82, 2.24) is 19.5 Å². The van der Waals surface area contributed by atoms with E-state index in [0.29, 0.717) is 29.2 Å². The van der Waals surface area contributed by atoms with Gasteiger partial charge in [-0.3, -0.25) is 0 Å². The largest absolute Gasteiger partial charge is 0.479 e. The summed E-state index contributed by atoms with van der Waals surface area (Å²) in [7, 11) is 3.73. The Morgan fingerprint density at radius 3 is 2.78 bits per heavy atom. The first-order chi connectivity index (χ1) is 15.5. The number of alkyl halides is 1. The van der Waals surface area contributed by atoms with Crippen molar-refractivity contribution in [2.45, 2.75) is 32.0 Å². The topological polar surface area (TPSA) is 103 Å². The second-order valence-electron chi connectivity index (χ2n) is 8.19. The molecule has 0 bridgehead atoms. The predicted molar refractivity (Wildman–Crippen MR) is 123 cm³/mol. The number of fused-ring (bicyclic) bond motifs is 1. The molecule has 3 aromatic rings. The number of anilines is 2. The average Bonchev–Trinajstić information content (AvgIpc) is 3.22. The summed E-state index contributed by atoms with van der Waals surface area (Å²) in [5.41, 5.74) is 10.9. The third-order valence-corrected chi connectivity index (χ3v) is 5.73. The number of methoxy groups -OCH3 is 1. The van der Waals surface area contributed by atoms with Gasteiger partial charge in [0.05, 0.1) is 12.8 Å². The highest BCUT2D eigenvalue weighted by molar-refractivity contribution is 5.87. The van der Waals surface area contributed by atoms with Crippen molar-refractivity contribution in [3.05, 3.63) is 30.5 Å². The Morgan fingerprint density at radius 1 is 1.31 bits per heavy atom. The lowest BCUT2D eigenvalue weighted by Crippen LogP contribution is -2.37. The molecule has 0 aliphatic carbocycles. The van der Waals surface area contributed by atoms with Gasteiger partial charge in [-0.05, 0) is 63.7 Å². The molecule has 10 heteroatoms. The first-order valence-corrected chi connectivity index (χ1v) is 10.8. The van der Waals surface area contributed by atoms with Gasteiger partial charge in [-0.2, -0.15) is 10.1 Å². The maximum absolute atomic E-state index is 13.3. The second kappa shape index (κ2) is 9.47. The predicted octanol–water partition coefficient (Wildman–Crippen LogP) is 4.34. The Morgan fingerprint density at radius 2 is 2.09 bits per heavy atom. The van der Waals surface area contributed by atoms with Crippen LogP contribution in [-0.2, 0) is 0 Å². The Balaban J connectivity index is 1.67. The first kappa shape index (κ1) is 21.9. The maximum Gasteiger partial charge on any atom is 0.244 e. The number of hydrogen-bond donors (Lipinski definition) is 3. The molecule has 1 saturated heterocycles. The number of benzene rings is 1. The van der Waals surface area contributed by atoms with Gasteiger partial charge in [-0.15, -0.1) is 5.10 Å². The lowest BCUT2D eigenvalue weighted by molar-refractivity contribution is 0.263. The zero-order valence-corrected chi connectivity index (χ0v) is 18.6. The number of halogens is 1. The number of ether oxygens (including phenoxy) is 1. The minimum absolute atomic E-state index is 0.140. The van der Waals surface area contributed by atoms with E-state index in [1.807, 2.05) is 24.4 Å². The van der Waals surface area contributed by atoms with E-state index in [-0.39, 0.29) is 6.54 Å². The average molecular weight is 441 g/mol. The molecule has 0 unspecified atom stereocenters. The summed E-state index contributed by atoms with van der Waals surface area (Å²) in [6, 6.07) is 7.74. The van der Waals surface area contributed by atoms with Crippen LogP contribution in [0.5, 0.6) is 5.88 Å². The third-order valence-electron chi connectivity index (χ3n) is 5.73. The second-order valence-corrected chi connectivity index (χ2v) is 8.19. The highest BCUT2D eigenvalue weighted by Crippen LogP contribution is 2.36. The molecule has 3 N–H and O–H groups in total. The molecular weight excluding hydrogens is 411 g/mol. The number of piperidine rings is 1. The molecule has 32 heavy (non-hydrogen) atoms. The SMILES string of the molecule is COc1nc(NC2CCN(C)CC2)nn2ccc(-c3ccc(N=N)c(NC[C@@H](C)F)c3)c12. The Labute approximate surface area is 186 Å². The van der Waals surface area contributed by atoms with Crippen molar-refractivity contribution >= 4 is 22.8 Å². The lowest BCUT2D eigenvalue weighted by atomic mass is 10.1. The summed E-state index contributed by atoms with van der Waals surface area (Å²) in [5.74, 6) is 1.00. The van der Waals surface area contributed by atoms with Gasteiger partial charge in [0.15, 0.2) is 0 Å². The molecule has 0 radical (unpaired) electrons. The van der Waals surface area contributed by atoms with Crippen molar-refractivity contribution in [3.63, 3.8) is 0 Å². The molecule has 1 aromatic carbocycles. The van der Waals surface area contributed by atoms with Crippen molar-refractivity contribution < 1.29 is 9.13 Å². The van der Waals surface area contributed by atoms with Crippen LogP contribution in [0.2, 0.25) is 0 Å². The molecule has 1 atom stereocenters. The van der Waals surface area contributed by atoms with Gasteiger partial charge in [-0.1, -0.05) is 6.07 Å². The number of aromatic nitrogens is 3. The highest BCUT2D eigenvalue weighted by Gasteiger charge is 2.20. The third kappa shape index (κ3) is 4.64. The van der Waals surface area contributed by atoms with Crippen LogP contribution >= 0.6 is 0 Å². The van der Waals surface area contributed by atoms with Crippen LogP contribution in [0.25, 0.3) is 16.6 Å². The van der Waals surface area contributed by atoms with E-state index in [0.717, 1.165) is 42.6 Å². The normalized spacial score (nSPS) is 16.1. The van der Waals surface area contributed by atoms with Crippen LogP contribution in [0.1, 0.15) is 19.8 Å². The minimum Gasteiger partial charge on any atom is -0.479 e. The van der Waals surface area contributed by atoms with Gasteiger partial charge in [0, 0.05) is 24.3 Å². The zero-order valence-electron chi connectivity index (χ0n) is 18.6. The number of nitrogens with zero attached hydrogens (tertiary/aromatic N) is 5. The molecule has 1 aliphatic heterocycles. The number of rotatable bonds is 8. The van der Waals surface area contributed by atoms with E-state index in [9.17, 15) is 4.39 Å². The number of likely N-dealkylation sites (tertiary alicyclic amines) is 1. The fraction of sp³-hybridized carbons (Fsp3) is 0.455. The zero-order chi connectivity index (χ0) is 22.7. The van der Waals surface area contributed by atoms with E-state index >= 15 is 0 Å². The van der Waals surface area contributed by atoms with Crippen LogP contribution in [0.3, 0.4) is 0 Å². The standard InChI is InChI=1S/C22H29FN8O/c1-14(23)13-25-19-12-15(4-5-18(19)28-24)17-8-11-31-20(17)21(32-3)27-22(29-31)26-16-6-9-30(2)10-7-16/h4-5,8,11-12,14,16,24-25H,6-7,9-10,13H2,1-3H3,(H,26,29)/t14-/m1/s1. The van der Waals surface area contributed by atoms with Gasteiger partial charge in [-0.25, -0.2) is 14.4 Å². The van der Waals surface area contributed by atoms with E-state index in [4.69, 9.17) is 10.3 Å². The van der Waals surface area contributed by atoms with E-state index in [1.165, 1.54) is 6.92 Å². The van der Waals surface area contributed by atoms with Gasteiger partial charge in [0.2, 0.25) is 11.8 Å². The molecule has 0 saturated carbocycles. The van der Waals surface area contributed by atoms with Crippen LogP contribution in [0.4, 0.5) is 21.7 Å². The van der Waals surface area contributed by atoms with E-state index in [2.05, 4.69) is 37.8 Å². The van der Waals surface area contributed by atoms with Crippen LogP contribution in [0, 0.1) is 5.53 Å². The van der Waals surface area contributed by atoms with Crippen molar-refractivity contribution in [2.24, 2.45) is 5.11 Å². The Hall–Kier alpha value is -3.27. The molecule has 2 aromatic heterocycles. The first-order valence-electron chi connectivity index (χ1n) is 10.8. The van der Waals surface area contributed by atoms with Gasteiger partial charge >= 0.3 is 0 Å². The van der Waals surface area contributed by atoms with Gasteiger partial charge in [0.1, 0.15) is 17.4 Å². The summed E-state index contributed by atoms with van der Waals surface area (Å²) in [6.07, 6.45) is 2.93. The summed E-state index contributed by atoms with van der Waals surface area (Å²) in [4.78, 5) is 6.93. The number of nitrogens with one attached hydrogen (secondary N) is 3. The quantitative estimate of drug-likeness (QED) is 0.450. The fourth-order valence-corrected chi connectivity index (χ4v) is 3.96. The summed E-state index contributed by atoms with van der Waals surface area (Å²) in [5, 5.41) is 14.7. The number of hydrogen-bond acceptors (Lipinski definition) is 8. The molecule has 9 nitrogen and oxygen atoms in total. The van der Waals surface area contributed by atoms with Crippen molar-refractivity contribution in [2.75, 3.05) is 44.4 Å². The van der Waals surface area contributed by atoms with Gasteiger partial charge in [0.25, 0.3) is 0 Å². The van der Waals surface area contributed by atoms with Crippen LogP contribution in [0.15, 0.2) is 35.6 Å². The smallest absolute Gasteiger partial charge is 0.244 e. The van der Waals surface area contributed by atoms with Crippen molar-refractivity contribution in [1.29, 1.82) is 5.53 Å². The Bertz CT molecular complexity index is 1090. The minimum atomic E-state index is -1.02. The summed E-state index contributed by atoms with van der Waals surface area (Å²) in [6.45, 7) is 3.71. The van der Waals surface area contributed by atoms with E-state index < -0.39 is 6.17 Å². The fourth-order valence-electron chi connectivity index (χ4n) is 3.96. The van der Waals surface area contributed by atoms with Crippen LogP contribution in [-0.4, -0.2) is 65.5 Å². The molecule has 1 aliphatic rings. The molecule has 3 heterocycles. The van der Waals surface area contributed by atoms with Crippen molar-refractivity contribution in [3.8, 4) is 17.0 Å². The molecule has 0 amide bonds. The lowest BCUT2D eigenvalue weighted by Gasteiger charge is -2.29. The van der Waals surface area contributed by atoms with E-state index in [1.54, 1.807) is 17.7 Å². The summed E-state index contributed by atoms with van der Waals surface area (Å²) < 4.78 is 20.7. The molecule has 1 fully saturated rings. The van der Waals surface area contributed by atoms with Crippen LogP contribution < -0.4 is 15.4 Å². The molecule has 0 spiro atoms. The maximum atomic E-state index is 13.3. The Kier molecular flexibility index (Phi) is 6.50. The molecule has 170 valence electrons. The monoisotopic (exact) mass is 440 g/mol. The summed E-state index contributed by atoms with van der Waals surface area (Å²) >= 11 is 0. The molecular formula is C22H29FN8O. The highest BCUT2D eigenvalue weighted by atomic mass is 19.1.